The minimum Gasteiger partial charge on any atom is -0.316 e. The summed E-state index contributed by atoms with van der Waals surface area (Å²) in [6.07, 6.45) is 4.08. The first-order chi connectivity index (χ1) is 9.04. The molecule has 1 N–H and O–H groups in total. The number of benzene rings is 1. The van der Waals surface area contributed by atoms with Crippen molar-refractivity contribution in [2.24, 2.45) is 11.8 Å². The molecule has 1 heteroatoms. The zero-order valence-corrected chi connectivity index (χ0v) is 13.0. The summed E-state index contributed by atoms with van der Waals surface area (Å²) >= 11 is 0. The van der Waals surface area contributed by atoms with Crippen LogP contribution in [0.25, 0.3) is 0 Å². The van der Waals surface area contributed by atoms with Crippen molar-refractivity contribution in [1.29, 1.82) is 0 Å². The summed E-state index contributed by atoms with van der Waals surface area (Å²) in [6, 6.07) is 9.17. The van der Waals surface area contributed by atoms with Crippen LogP contribution < -0.4 is 5.32 Å². The molecule has 19 heavy (non-hydrogen) atoms. The first-order valence-corrected chi connectivity index (χ1v) is 7.82. The molecule has 1 saturated carbocycles. The van der Waals surface area contributed by atoms with E-state index in [1.807, 2.05) is 0 Å². The van der Waals surface area contributed by atoms with Gasteiger partial charge in [-0.25, -0.2) is 0 Å². The lowest BCUT2D eigenvalue weighted by atomic mass is 9.72. The molecular formula is C18H29N. The molecule has 1 aliphatic carbocycles. The summed E-state index contributed by atoms with van der Waals surface area (Å²) in [4.78, 5) is 0. The normalized spacial score (nSPS) is 27.1. The molecule has 1 fully saturated rings. The summed E-state index contributed by atoms with van der Waals surface area (Å²) in [5, 5.41) is 3.72. The van der Waals surface area contributed by atoms with Gasteiger partial charge in [-0.1, -0.05) is 57.0 Å². The van der Waals surface area contributed by atoms with Crippen molar-refractivity contribution < 1.29 is 0 Å². The standard InChI is InChI=1S/C18H29N/c1-14(2)12-19-13-18(10-6-8-16(18)4)17-9-5-7-15(3)11-17/h5,7,9,11,14,16,19H,6,8,10,12-13H2,1-4H3. The van der Waals surface area contributed by atoms with E-state index in [9.17, 15) is 0 Å². The van der Waals surface area contributed by atoms with Crippen LogP contribution in [0.1, 0.15) is 51.2 Å². The molecule has 0 bridgehead atoms. The fourth-order valence-electron chi connectivity index (χ4n) is 3.58. The third-order valence-corrected chi connectivity index (χ3v) is 4.79. The van der Waals surface area contributed by atoms with Gasteiger partial charge in [-0.15, -0.1) is 0 Å². The van der Waals surface area contributed by atoms with E-state index < -0.39 is 0 Å². The Kier molecular flexibility index (Phi) is 4.67. The highest BCUT2D eigenvalue weighted by molar-refractivity contribution is 5.32. The van der Waals surface area contributed by atoms with Gasteiger partial charge in [0.2, 0.25) is 0 Å². The van der Waals surface area contributed by atoms with Gasteiger partial charge in [0.1, 0.15) is 0 Å². The van der Waals surface area contributed by atoms with Crippen LogP contribution in [0.3, 0.4) is 0 Å². The van der Waals surface area contributed by atoms with Gasteiger partial charge in [-0.05, 0) is 43.7 Å². The molecule has 1 aliphatic rings. The van der Waals surface area contributed by atoms with E-state index in [0.29, 0.717) is 5.41 Å². The monoisotopic (exact) mass is 259 g/mol. The number of hydrogen-bond acceptors (Lipinski definition) is 1. The predicted molar refractivity (Wildman–Crippen MR) is 83.6 cm³/mol. The van der Waals surface area contributed by atoms with Crippen molar-refractivity contribution in [1.82, 2.24) is 5.32 Å². The molecule has 1 aromatic carbocycles. The van der Waals surface area contributed by atoms with E-state index >= 15 is 0 Å². The molecule has 2 atom stereocenters. The Labute approximate surface area is 118 Å². The molecule has 0 aromatic heterocycles. The fourth-order valence-corrected chi connectivity index (χ4v) is 3.58. The largest absolute Gasteiger partial charge is 0.316 e. The Morgan fingerprint density at radius 1 is 1.37 bits per heavy atom. The quantitative estimate of drug-likeness (QED) is 0.831. The molecule has 2 rings (SSSR count). The molecule has 2 unspecified atom stereocenters. The Bertz CT molecular complexity index is 410. The van der Waals surface area contributed by atoms with Crippen LogP contribution in [0.5, 0.6) is 0 Å². The number of nitrogens with one attached hydrogen (secondary N) is 1. The average molecular weight is 259 g/mol. The van der Waals surface area contributed by atoms with Crippen LogP contribution in [-0.4, -0.2) is 13.1 Å². The fraction of sp³-hybridized carbons (Fsp3) is 0.667. The number of aryl methyl sites for hydroxylation is 1. The second-order valence-corrected chi connectivity index (χ2v) is 6.84. The van der Waals surface area contributed by atoms with E-state index in [0.717, 1.165) is 24.9 Å². The zero-order chi connectivity index (χ0) is 13.9. The lowest BCUT2D eigenvalue weighted by Gasteiger charge is -2.35. The second-order valence-electron chi connectivity index (χ2n) is 6.84. The summed E-state index contributed by atoms with van der Waals surface area (Å²) < 4.78 is 0. The van der Waals surface area contributed by atoms with E-state index in [1.165, 1.54) is 24.8 Å². The maximum atomic E-state index is 3.72. The third kappa shape index (κ3) is 3.20. The van der Waals surface area contributed by atoms with E-state index in [2.05, 4.69) is 57.3 Å². The maximum Gasteiger partial charge on any atom is 0.0103 e. The minimum atomic E-state index is 0.362. The molecular weight excluding hydrogens is 230 g/mol. The van der Waals surface area contributed by atoms with Crippen LogP contribution in [0, 0.1) is 18.8 Å². The lowest BCUT2D eigenvalue weighted by molar-refractivity contribution is 0.311. The number of hydrogen-bond donors (Lipinski definition) is 1. The summed E-state index contributed by atoms with van der Waals surface area (Å²) in [6.45, 7) is 11.5. The smallest absolute Gasteiger partial charge is 0.0103 e. The predicted octanol–water partition coefficient (Wildman–Crippen LogP) is 4.30. The van der Waals surface area contributed by atoms with E-state index in [4.69, 9.17) is 0 Å². The number of rotatable bonds is 5. The van der Waals surface area contributed by atoms with Crippen molar-refractivity contribution in [3.8, 4) is 0 Å². The van der Waals surface area contributed by atoms with Gasteiger partial charge in [0.25, 0.3) is 0 Å². The van der Waals surface area contributed by atoms with Crippen LogP contribution in [0.2, 0.25) is 0 Å². The SMILES string of the molecule is Cc1cccc(C2(CNCC(C)C)CCCC2C)c1. The van der Waals surface area contributed by atoms with Gasteiger partial charge in [-0.2, -0.15) is 0 Å². The Hall–Kier alpha value is -0.820. The van der Waals surface area contributed by atoms with Gasteiger partial charge in [0.05, 0.1) is 0 Å². The van der Waals surface area contributed by atoms with Crippen LogP contribution in [0.15, 0.2) is 24.3 Å². The van der Waals surface area contributed by atoms with Crippen molar-refractivity contribution in [2.75, 3.05) is 13.1 Å². The average Bonchev–Trinajstić information content (AvgIpc) is 2.71. The third-order valence-electron chi connectivity index (χ3n) is 4.79. The van der Waals surface area contributed by atoms with Crippen LogP contribution in [0.4, 0.5) is 0 Å². The molecule has 0 amide bonds. The molecule has 0 spiro atoms. The summed E-state index contributed by atoms with van der Waals surface area (Å²) in [5.74, 6) is 1.51. The van der Waals surface area contributed by atoms with Crippen LogP contribution in [-0.2, 0) is 5.41 Å². The van der Waals surface area contributed by atoms with Gasteiger partial charge in [-0.3, -0.25) is 0 Å². The Morgan fingerprint density at radius 3 is 2.74 bits per heavy atom. The van der Waals surface area contributed by atoms with Gasteiger partial charge < -0.3 is 5.32 Å². The van der Waals surface area contributed by atoms with E-state index in [1.54, 1.807) is 5.56 Å². The second kappa shape index (κ2) is 6.09. The van der Waals surface area contributed by atoms with Crippen molar-refractivity contribution in [2.45, 2.75) is 52.4 Å². The molecule has 0 radical (unpaired) electrons. The van der Waals surface area contributed by atoms with E-state index in [-0.39, 0.29) is 0 Å². The highest BCUT2D eigenvalue weighted by atomic mass is 14.9. The lowest BCUT2D eigenvalue weighted by Crippen LogP contribution is -2.41. The minimum absolute atomic E-state index is 0.362. The van der Waals surface area contributed by atoms with Gasteiger partial charge in [0, 0.05) is 12.0 Å². The topological polar surface area (TPSA) is 12.0 Å². The highest BCUT2D eigenvalue weighted by Gasteiger charge is 2.41. The van der Waals surface area contributed by atoms with Gasteiger partial charge >= 0.3 is 0 Å². The summed E-state index contributed by atoms with van der Waals surface area (Å²) in [7, 11) is 0. The zero-order valence-electron chi connectivity index (χ0n) is 13.0. The first kappa shape index (κ1) is 14.6. The van der Waals surface area contributed by atoms with Crippen LogP contribution >= 0.6 is 0 Å². The highest BCUT2D eigenvalue weighted by Crippen LogP contribution is 2.45. The summed E-state index contributed by atoms with van der Waals surface area (Å²) in [5.41, 5.74) is 3.30. The van der Waals surface area contributed by atoms with Gasteiger partial charge in [0.15, 0.2) is 0 Å². The van der Waals surface area contributed by atoms with Crippen molar-refractivity contribution >= 4 is 0 Å². The molecule has 1 aromatic rings. The Morgan fingerprint density at radius 2 is 2.16 bits per heavy atom. The molecule has 0 heterocycles. The molecule has 0 aliphatic heterocycles. The molecule has 106 valence electrons. The molecule has 0 saturated heterocycles. The first-order valence-electron chi connectivity index (χ1n) is 7.82. The molecule has 1 nitrogen and oxygen atoms in total. The van der Waals surface area contributed by atoms with Crippen molar-refractivity contribution in [3.05, 3.63) is 35.4 Å². The Balaban J connectivity index is 2.20. The van der Waals surface area contributed by atoms with Crippen molar-refractivity contribution in [3.63, 3.8) is 0 Å². The maximum absolute atomic E-state index is 3.72.